The van der Waals surface area contributed by atoms with Crippen molar-refractivity contribution >= 4 is 0 Å². The maximum atomic E-state index is 4.12. The van der Waals surface area contributed by atoms with Gasteiger partial charge in [0.2, 0.25) is 0 Å². The highest BCUT2D eigenvalue weighted by molar-refractivity contribution is 5.31. The van der Waals surface area contributed by atoms with E-state index in [4.69, 9.17) is 0 Å². The third-order valence-electron chi connectivity index (χ3n) is 3.76. The lowest BCUT2D eigenvalue weighted by Gasteiger charge is -2.35. The Bertz CT molecular complexity index is 424. The van der Waals surface area contributed by atoms with Gasteiger partial charge in [0.05, 0.1) is 0 Å². The number of benzene rings is 1. The van der Waals surface area contributed by atoms with E-state index in [0.717, 1.165) is 32.6 Å². The molecule has 0 saturated carbocycles. The van der Waals surface area contributed by atoms with Crippen molar-refractivity contribution in [3.8, 4) is 0 Å². The van der Waals surface area contributed by atoms with Gasteiger partial charge in [-0.05, 0) is 32.8 Å². The highest BCUT2D eigenvalue weighted by Crippen LogP contribution is 2.28. The van der Waals surface area contributed by atoms with Crippen LogP contribution in [-0.4, -0.2) is 31.1 Å². The molecule has 1 atom stereocenters. The van der Waals surface area contributed by atoms with Crippen LogP contribution in [0.25, 0.3) is 0 Å². The van der Waals surface area contributed by atoms with Crippen LogP contribution in [0, 0.1) is 13.8 Å². The van der Waals surface area contributed by atoms with Gasteiger partial charge in [0.25, 0.3) is 0 Å². The Labute approximate surface area is 117 Å². The Morgan fingerprint density at radius 3 is 2.32 bits per heavy atom. The third-order valence-corrected chi connectivity index (χ3v) is 3.76. The van der Waals surface area contributed by atoms with E-state index < -0.39 is 0 Å². The van der Waals surface area contributed by atoms with Gasteiger partial charge in [0.15, 0.2) is 0 Å². The lowest BCUT2D eigenvalue weighted by molar-refractivity contribution is 0.172. The zero-order chi connectivity index (χ0) is 13.8. The Morgan fingerprint density at radius 2 is 1.79 bits per heavy atom. The summed E-state index contributed by atoms with van der Waals surface area (Å²) >= 11 is 0. The van der Waals surface area contributed by atoms with Gasteiger partial charge in [-0.2, -0.15) is 0 Å². The number of hydrogen-bond acceptors (Lipinski definition) is 2. The molecule has 19 heavy (non-hydrogen) atoms. The number of piperazine rings is 1. The van der Waals surface area contributed by atoms with Crippen LogP contribution in [0.15, 0.2) is 30.4 Å². The second kappa shape index (κ2) is 6.36. The first-order valence-electron chi connectivity index (χ1n) is 7.23. The van der Waals surface area contributed by atoms with Gasteiger partial charge in [-0.1, -0.05) is 34.9 Å². The van der Waals surface area contributed by atoms with Crippen molar-refractivity contribution in [2.45, 2.75) is 33.2 Å². The fourth-order valence-corrected chi connectivity index (χ4v) is 2.98. The molecule has 1 fully saturated rings. The van der Waals surface area contributed by atoms with Crippen molar-refractivity contribution in [1.29, 1.82) is 0 Å². The zero-order valence-electron chi connectivity index (χ0n) is 12.5. The van der Waals surface area contributed by atoms with E-state index in [2.05, 4.69) is 55.8 Å². The molecule has 2 rings (SSSR count). The van der Waals surface area contributed by atoms with Crippen molar-refractivity contribution < 1.29 is 0 Å². The van der Waals surface area contributed by atoms with Gasteiger partial charge in [0.1, 0.15) is 0 Å². The molecule has 0 amide bonds. The molecule has 1 aromatic carbocycles. The maximum absolute atomic E-state index is 4.12. The molecule has 0 radical (unpaired) electrons. The predicted octanol–water partition coefficient (Wildman–Crippen LogP) is 3.22. The molecular weight excluding hydrogens is 232 g/mol. The highest BCUT2D eigenvalue weighted by atomic mass is 15.2. The molecule has 1 heterocycles. The van der Waals surface area contributed by atoms with E-state index in [1.54, 1.807) is 0 Å². The molecule has 1 aliphatic rings. The summed E-state index contributed by atoms with van der Waals surface area (Å²) in [5.74, 6) is 0. The summed E-state index contributed by atoms with van der Waals surface area (Å²) in [4.78, 5) is 2.60. The van der Waals surface area contributed by atoms with Crippen molar-refractivity contribution in [2.24, 2.45) is 0 Å². The van der Waals surface area contributed by atoms with Gasteiger partial charge in [-0.3, -0.25) is 4.90 Å². The van der Waals surface area contributed by atoms with Gasteiger partial charge in [-0.15, -0.1) is 6.58 Å². The van der Waals surface area contributed by atoms with Crippen LogP contribution in [0.5, 0.6) is 0 Å². The van der Waals surface area contributed by atoms with E-state index in [0.29, 0.717) is 6.04 Å². The van der Waals surface area contributed by atoms with Gasteiger partial charge in [0, 0.05) is 32.2 Å². The SMILES string of the molecule is C=C(C)C[C@@H](c1cc(C)cc(C)c1)N1CCNCC1. The topological polar surface area (TPSA) is 15.3 Å². The van der Waals surface area contributed by atoms with Gasteiger partial charge < -0.3 is 5.32 Å². The minimum Gasteiger partial charge on any atom is -0.314 e. The minimum atomic E-state index is 0.484. The Morgan fingerprint density at radius 1 is 1.21 bits per heavy atom. The van der Waals surface area contributed by atoms with Crippen LogP contribution in [0.2, 0.25) is 0 Å². The van der Waals surface area contributed by atoms with Crippen LogP contribution >= 0.6 is 0 Å². The van der Waals surface area contributed by atoms with E-state index in [1.165, 1.54) is 22.3 Å². The Kier molecular flexibility index (Phi) is 4.78. The molecule has 2 nitrogen and oxygen atoms in total. The summed E-state index contributed by atoms with van der Waals surface area (Å²) in [5.41, 5.74) is 5.43. The molecule has 2 heteroatoms. The second-order valence-corrected chi connectivity index (χ2v) is 5.88. The molecule has 1 aromatic rings. The molecule has 0 aromatic heterocycles. The van der Waals surface area contributed by atoms with Crippen LogP contribution in [-0.2, 0) is 0 Å². The maximum Gasteiger partial charge on any atom is 0.0386 e. The number of nitrogens with one attached hydrogen (secondary N) is 1. The molecule has 104 valence electrons. The molecular formula is C17H26N2. The van der Waals surface area contributed by atoms with Crippen LogP contribution < -0.4 is 5.32 Å². The smallest absolute Gasteiger partial charge is 0.0386 e. The zero-order valence-corrected chi connectivity index (χ0v) is 12.5. The van der Waals surface area contributed by atoms with Crippen molar-refractivity contribution in [1.82, 2.24) is 10.2 Å². The standard InChI is InChI=1S/C17H26N2/c1-13(2)9-17(19-7-5-18-6-8-19)16-11-14(3)10-15(4)12-16/h10-12,17-18H,1,5-9H2,2-4H3/t17-/m0/s1. The van der Waals surface area contributed by atoms with Gasteiger partial charge in [-0.25, -0.2) is 0 Å². The van der Waals surface area contributed by atoms with Crippen molar-refractivity contribution in [3.63, 3.8) is 0 Å². The number of nitrogens with zero attached hydrogens (tertiary/aromatic N) is 1. The molecule has 0 aliphatic carbocycles. The molecule has 0 bridgehead atoms. The summed E-state index contributed by atoms with van der Waals surface area (Å²) in [6.45, 7) is 15.1. The average molecular weight is 258 g/mol. The molecule has 0 spiro atoms. The summed E-state index contributed by atoms with van der Waals surface area (Å²) < 4.78 is 0. The minimum absolute atomic E-state index is 0.484. The normalized spacial score (nSPS) is 18.3. The molecule has 1 N–H and O–H groups in total. The monoisotopic (exact) mass is 258 g/mol. The second-order valence-electron chi connectivity index (χ2n) is 5.88. The van der Waals surface area contributed by atoms with E-state index in [-0.39, 0.29) is 0 Å². The first-order valence-corrected chi connectivity index (χ1v) is 7.23. The first-order chi connectivity index (χ1) is 9.06. The van der Waals surface area contributed by atoms with E-state index in [9.17, 15) is 0 Å². The first kappa shape index (κ1) is 14.3. The summed E-state index contributed by atoms with van der Waals surface area (Å²) in [5, 5.41) is 3.43. The summed E-state index contributed by atoms with van der Waals surface area (Å²) in [6.07, 6.45) is 1.06. The number of aryl methyl sites for hydroxylation is 2. The quantitative estimate of drug-likeness (QED) is 0.834. The van der Waals surface area contributed by atoms with Crippen LogP contribution in [0.3, 0.4) is 0 Å². The highest BCUT2D eigenvalue weighted by Gasteiger charge is 2.22. The summed E-state index contributed by atoms with van der Waals surface area (Å²) in [7, 11) is 0. The number of hydrogen-bond donors (Lipinski definition) is 1. The molecule has 0 unspecified atom stereocenters. The van der Waals surface area contributed by atoms with Crippen molar-refractivity contribution in [2.75, 3.05) is 26.2 Å². The summed E-state index contributed by atoms with van der Waals surface area (Å²) in [6, 6.07) is 7.41. The van der Waals surface area contributed by atoms with Gasteiger partial charge >= 0.3 is 0 Å². The molecule has 1 saturated heterocycles. The van der Waals surface area contributed by atoms with Crippen LogP contribution in [0.1, 0.15) is 36.1 Å². The third kappa shape index (κ3) is 3.92. The lowest BCUT2D eigenvalue weighted by Crippen LogP contribution is -2.45. The fraction of sp³-hybridized carbons (Fsp3) is 0.529. The average Bonchev–Trinajstić information content (AvgIpc) is 2.35. The van der Waals surface area contributed by atoms with E-state index in [1.807, 2.05) is 0 Å². The number of rotatable bonds is 4. The largest absolute Gasteiger partial charge is 0.314 e. The fourth-order valence-electron chi connectivity index (χ4n) is 2.98. The Balaban J connectivity index is 2.27. The Hall–Kier alpha value is -1.12. The van der Waals surface area contributed by atoms with Crippen LogP contribution in [0.4, 0.5) is 0 Å². The lowest BCUT2D eigenvalue weighted by atomic mass is 9.95. The van der Waals surface area contributed by atoms with Crippen molar-refractivity contribution in [3.05, 3.63) is 47.0 Å². The predicted molar refractivity (Wildman–Crippen MR) is 82.5 cm³/mol. The van der Waals surface area contributed by atoms with E-state index >= 15 is 0 Å². The molecule has 1 aliphatic heterocycles.